The molecule has 3 heteroatoms. The molecule has 2 unspecified atom stereocenters. The van der Waals surface area contributed by atoms with Gasteiger partial charge in [-0.3, -0.25) is 14.5 Å². The van der Waals surface area contributed by atoms with Crippen molar-refractivity contribution in [1.82, 2.24) is 4.90 Å². The Morgan fingerprint density at radius 2 is 1.86 bits per heavy atom. The van der Waals surface area contributed by atoms with Gasteiger partial charge in [-0.15, -0.1) is 0 Å². The first-order valence-corrected chi connectivity index (χ1v) is 5.23. The van der Waals surface area contributed by atoms with Crippen LogP contribution in [-0.4, -0.2) is 22.8 Å². The molecule has 0 N–H and O–H groups in total. The van der Waals surface area contributed by atoms with Gasteiger partial charge in [0.15, 0.2) is 0 Å². The second-order valence-corrected chi connectivity index (χ2v) is 4.31. The van der Waals surface area contributed by atoms with Crippen molar-refractivity contribution in [1.29, 1.82) is 0 Å². The summed E-state index contributed by atoms with van der Waals surface area (Å²) < 4.78 is 0. The number of amides is 2. The number of hydrogen-bond acceptors (Lipinski definition) is 2. The zero-order valence-electron chi connectivity index (χ0n) is 8.40. The van der Waals surface area contributed by atoms with Gasteiger partial charge in [0.25, 0.3) is 11.8 Å². The molecule has 2 rings (SSSR count). The van der Waals surface area contributed by atoms with Crippen molar-refractivity contribution in [3.63, 3.8) is 0 Å². The van der Waals surface area contributed by atoms with Gasteiger partial charge in [0.1, 0.15) is 0 Å². The van der Waals surface area contributed by atoms with Crippen LogP contribution in [-0.2, 0) is 9.59 Å². The Morgan fingerprint density at radius 1 is 1.21 bits per heavy atom. The summed E-state index contributed by atoms with van der Waals surface area (Å²) in [6, 6.07) is 0.147. The van der Waals surface area contributed by atoms with E-state index in [0.717, 1.165) is 19.3 Å². The Bertz CT molecular complexity index is 278. The summed E-state index contributed by atoms with van der Waals surface area (Å²) in [7, 11) is 0. The first-order chi connectivity index (χ1) is 6.68. The lowest BCUT2D eigenvalue weighted by Gasteiger charge is -2.32. The van der Waals surface area contributed by atoms with Crippen LogP contribution in [0.1, 0.15) is 32.6 Å². The van der Waals surface area contributed by atoms with Gasteiger partial charge in [0.2, 0.25) is 0 Å². The number of carbonyl (C=O) groups is 2. The van der Waals surface area contributed by atoms with E-state index in [0.29, 0.717) is 5.92 Å². The molecule has 1 aliphatic heterocycles. The second-order valence-electron chi connectivity index (χ2n) is 4.31. The summed E-state index contributed by atoms with van der Waals surface area (Å²) in [5.41, 5.74) is 0. The van der Waals surface area contributed by atoms with E-state index < -0.39 is 0 Å². The molecule has 1 saturated carbocycles. The normalized spacial score (nSPS) is 32.8. The van der Waals surface area contributed by atoms with Crippen LogP contribution in [0.5, 0.6) is 0 Å². The molecule has 3 nitrogen and oxygen atoms in total. The molecule has 14 heavy (non-hydrogen) atoms. The number of carbonyl (C=O) groups excluding carboxylic acids is 2. The lowest BCUT2D eigenvalue weighted by atomic mass is 9.86. The lowest BCUT2D eigenvalue weighted by molar-refractivity contribution is -0.140. The standard InChI is InChI=1S/C11H15NO2/c1-8-3-2-4-9(7-8)12-10(13)5-6-11(12)14/h5-6,8-9H,2-4,7H2,1H3. The third kappa shape index (κ3) is 1.59. The molecular formula is C11H15NO2. The molecule has 76 valence electrons. The topological polar surface area (TPSA) is 37.4 Å². The van der Waals surface area contributed by atoms with E-state index in [4.69, 9.17) is 0 Å². The molecule has 0 spiro atoms. The van der Waals surface area contributed by atoms with Crippen LogP contribution >= 0.6 is 0 Å². The summed E-state index contributed by atoms with van der Waals surface area (Å²) >= 11 is 0. The van der Waals surface area contributed by atoms with E-state index >= 15 is 0 Å². The van der Waals surface area contributed by atoms with Gasteiger partial charge in [-0.25, -0.2) is 0 Å². The lowest BCUT2D eigenvalue weighted by Crippen LogP contribution is -2.42. The Kier molecular flexibility index (Phi) is 2.40. The van der Waals surface area contributed by atoms with Crippen LogP contribution in [0.25, 0.3) is 0 Å². The van der Waals surface area contributed by atoms with Crippen LogP contribution in [0.3, 0.4) is 0 Å². The fourth-order valence-electron chi connectivity index (χ4n) is 2.41. The van der Waals surface area contributed by atoms with Crippen LogP contribution in [0.2, 0.25) is 0 Å². The summed E-state index contributed by atoms with van der Waals surface area (Å²) in [5.74, 6) is 0.373. The molecule has 1 heterocycles. The average Bonchev–Trinajstić information content (AvgIpc) is 2.46. The highest BCUT2D eigenvalue weighted by Crippen LogP contribution is 2.28. The van der Waals surface area contributed by atoms with E-state index in [1.807, 2.05) is 0 Å². The highest BCUT2D eigenvalue weighted by atomic mass is 16.2. The minimum Gasteiger partial charge on any atom is -0.272 e. The first-order valence-electron chi connectivity index (χ1n) is 5.23. The van der Waals surface area contributed by atoms with Crippen molar-refractivity contribution in [3.05, 3.63) is 12.2 Å². The molecule has 1 aliphatic carbocycles. The predicted octanol–water partition coefficient (Wildman–Crippen LogP) is 1.49. The average molecular weight is 193 g/mol. The molecule has 2 aliphatic rings. The summed E-state index contributed by atoms with van der Waals surface area (Å²) in [6.45, 7) is 2.19. The maximum atomic E-state index is 11.4. The third-order valence-electron chi connectivity index (χ3n) is 3.12. The van der Waals surface area contributed by atoms with E-state index in [-0.39, 0.29) is 17.9 Å². The van der Waals surface area contributed by atoms with Crippen molar-refractivity contribution in [2.75, 3.05) is 0 Å². The Hall–Kier alpha value is -1.12. The van der Waals surface area contributed by atoms with Crippen LogP contribution in [0, 0.1) is 5.92 Å². The van der Waals surface area contributed by atoms with E-state index in [2.05, 4.69) is 6.92 Å². The fraction of sp³-hybridized carbons (Fsp3) is 0.636. The van der Waals surface area contributed by atoms with Crippen LogP contribution in [0.4, 0.5) is 0 Å². The molecular weight excluding hydrogens is 178 g/mol. The van der Waals surface area contributed by atoms with Gasteiger partial charge < -0.3 is 0 Å². The van der Waals surface area contributed by atoms with Crippen molar-refractivity contribution < 1.29 is 9.59 Å². The molecule has 1 fully saturated rings. The van der Waals surface area contributed by atoms with E-state index in [1.165, 1.54) is 23.5 Å². The maximum Gasteiger partial charge on any atom is 0.253 e. The number of imide groups is 1. The van der Waals surface area contributed by atoms with Crippen molar-refractivity contribution in [2.45, 2.75) is 38.6 Å². The quantitative estimate of drug-likeness (QED) is 0.592. The van der Waals surface area contributed by atoms with Gasteiger partial charge >= 0.3 is 0 Å². The maximum absolute atomic E-state index is 11.4. The monoisotopic (exact) mass is 193 g/mol. The smallest absolute Gasteiger partial charge is 0.253 e. The van der Waals surface area contributed by atoms with Crippen molar-refractivity contribution in [3.8, 4) is 0 Å². The highest BCUT2D eigenvalue weighted by Gasteiger charge is 2.33. The van der Waals surface area contributed by atoms with Gasteiger partial charge in [0.05, 0.1) is 0 Å². The molecule has 2 amide bonds. The summed E-state index contributed by atoms with van der Waals surface area (Å²) in [5, 5.41) is 0. The predicted molar refractivity (Wildman–Crippen MR) is 52.4 cm³/mol. The van der Waals surface area contributed by atoms with Crippen molar-refractivity contribution in [2.24, 2.45) is 5.92 Å². The SMILES string of the molecule is CC1CCCC(N2C(=O)C=CC2=O)C1. The zero-order chi connectivity index (χ0) is 10.1. The van der Waals surface area contributed by atoms with E-state index in [9.17, 15) is 9.59 Å². The minimum absolute atomic E-state index is 0.130. The number of rotatable bonds is 1. The molecule has 2 atom stereocenters. The Morgan fingerprint density at radius 3 is 2.43 bits per heavy atom. The molecule has 0 aromatic rings. The summed E-state index contributed by atoms with van der Waals surface area (Å²) in [4.78, 5) is 24.2. The van der Waals surface area contributed by atoms with Gasteiger partial charge in [-0.2, -0.15) is 0 Å². The first kappa shape index (κ1) is 9.44. The highest BCUT2D eigenvalue weighted by molar-refractivity contribution is 6.13. The van der Waals surface area contributed by atoms with Gasteiger partial charge in [-0.05, 0) is 18.8 Å². The van der Waals surface area contributed by atoms with Gasteiger partial charge in [0, 0.05) is 18.2 Å². The molecule has 0 bridgehead atoms. The van der Waals surface area contributed by atoms with Gasteiger partial charge in [-0.1, -0.05) is 19.8 Å². The largest absolute Gasteiger partial charge is 0.272 e. The van der Waals surface area contributed by atoms with E-state index in [1.54, 1.807) is 0 Å². The number of hydrogen-bond donors (Lipinski definition) is 0. The molecule has 0 radical (unpaired) electrons. The van der Waals surface area contributed by atoms with Crippen LogP contribution in [0.15, 0.2) is 12.2 Å². The zero-order valence-corrected chi connectivity index (χ0v) is 8.40. The minimum atomic E-state index is -0.130. The molecule has 0 aromatic heterocycles. The fourth-order valence-corrected chi connectivity index (χ4v) is 2.41. The Balaban J connectivity index is 2.07. The van der Waals surface area contributed by atoms with Crippen molar-refractivity contribution >= 4 is 11.8 Å². The van der Waals surface area contributed by atoms with Crippen LogP contribution < -0.4 is 0 Å². The number of nitrogens with zero attached hydrogens (tertiary/aromatic N) is 1. The Labute approximate surface area is 83.8 Å². The molecule has 0 saturated heterocycles. The second kappa shape index (κ2) is 3.56. The summed E-state index contributed by atoms with van der Waals surface area (Å²) in [6.07, 6.45) is 7.05. The molecule has 0 aromatic carbocycles. The third-order valence-corrected chi connectivity index (χ3v) is 3.12.